The van der Waals surface area contributed by atoms with Gasteiger partial charge in [-0.1, -0.05) is 23.7 Å². The summed E-state index contributed by atoms with van der Waals surface area (Å²) in [5.74, 6) is -0.361. The number of methoxy groups -OCH3 is 4. The molecule has 0 radical (unpaired) electrons. The first kappa shape index (κ1) is 25.4. The molecule has 0 saturated carbocycles. The van der Waals surface area contributed by atoms with Crippen molar-refractivity contribution in [2.45, 2.75) is 12.6 Å². The molecule has 3 aromatic rings. The molecular weight excluding hydrogens is 506 g/mol. The van der Waals surface area contributed by atoms with Crippen molar-refractivity contribution in [1.82, 2.24) is 4.90 Å². The molecule has 1 atom stereocenters. The van der Waals surface area contributed by atoms with Crippen LogP contribution in [0.5, 0.6) is 23.0 Å². The van der Waals surface area contributed by atoms with E-state index in [1.54, 1.807) is 18.2 Å². The number of ketones is 1. The second-order valence-electron chi connectivity index (χ2n) is 7.82. The molecule has 0 bridgehead atoms. The fourth-order valence-corrected chi connectivity index (χ4v) is 5.23. The average Bonchev–Trinajstić information content (AvgIpc) is 3.50. The lowest BCUT2D eigenvalue weighted by molar-refractivity contribution is -0.140. The molecule has 2 heterocycles. The zero-order valence-corrected chi connectivity index (χ0v) is 21.6. The third-order valence-corrected chi connectivity index (χ3v) is 7.10. The third kappa shape index (κ3) is 4.47. The number of amides is 1. The molecule has 4 rings (SSSR count). The molecule has 36 heavy (non-hydrogen) atoms. The van der Waals surface area contributed by atoms with E-state index in [2.05, 4.69) is 0 Å². The fourth-order valence-electron chi connectivity index (χ4n) is 4.15. The van der Waals surface area contributed by atoms with Gasteiger partial charge >= 0.3 is 0 Å². The zero-order chi connectivity index (χ0) is 26.0. The standard InChI is InChI=1S/C26H24ClNO7S/c1-32-17-8-7-14(10-20(17)35-4)13-28-23(21-6-5-9-36-21)22(25(30)26(28)31)24(29)15-11-19(34-3)16(27)12-18(15)33-2/h5-12,23,29H,13H2,1-4H3/b24-22+. The normalized spacial score (nSPS) is 16.8. The van der Waals surface area contributed by atoms with E-state index in [0.717, 1.165) is 10.4 Å². The highest BCUT2D eigenvalue weighted by Crippen LogP contribution is 2.44. The molecule has 1 aliphatic heterocycles. The van der Waals surface area contributed by atoms with Crippen molar-refractivity contribution in [3.8, 4) is 23.0 Å². The fraction of sp³-hybridized carbons (Fsp3) is 0.231. The number of aliphatic hydroxyl groups is 1. The Morgan fingerprint density at radius 1 is 0.944 bits per heavy atom. The second kappa shape index (κ2) is 10.5. The predicted octanol–water partition coefficient (Wildman–Crippen LogP) is 5.06. The minimum Gasteiger partial charge on any atom is -0.507 e. The summed E-state index contributed by atoms with van der Waals surface area (Å²) in [6.07, 6.45) is 0. The van der Waals surface area contributed by atoms with Gasteiger partial charge in [0.15, 0.2) is 11.5 Å². The Balaban J connectivity index is 1.86. The number of hydrogen-bond donors (Lipinski definition) is 1. The van der Waals surface area contributed by atoms with Crippen molar-refractivity contribution < 1.29 is 33.6 Å². The summed E-state index contributed by atoms with van der Waals surface area (Å²) < 4.78 is 21.4. The summed E-state index contributed by atoms with van der Waals surface area (Å²) in [5, 5.41) is 13.5. The van der Waals surface area contributed by atoms with Crippen molar-refractivity contribution in [3.05, 3.63) is 74.4 Å². The molecule has 1 aromatic heterocycles. The quantitative estimate of drug-likeness (QED) is 0.248. The van der Waals surface area contributed by atoms with E-state index in [1.807, 2.05) is 17.5 Å². The summed E-state index contributed by atoms with van der Waals surface area (Å²) in [6, 6.07) is 11.0. The largest absolute Gasteiger partial charge is 0.507 e. The van der Waals surface area contributed by atoms with Gasteiger partial charge < -0.3 is 29.0 Å². The van der Waals surface area contributed by atoms with Crippen LogP contribution in [0.15, 0.2) is 53.4 Å². The molecule has 1 unspecified atom stereocenters. The smallest absolute Gasteiger partial charge is 0.295 e. The molecule has 8 nitrogen and oxygen atoms in total. The molecule has 1 amide bonds. The van der Waals surface area contributed by atoms with Crippen LogP contribution >= 0.6 is 22.9 Å². The van der Waals surface area contributed by atoms with Crippen molar-refractivity contribution in [2.75, 3.05) is 28.4 Å². The lowest BCUT2D eigenvalue weighted by atomic mass is 9.99. The highest BCUT2D eigenvalue weighted by Gasteiger charge is 2.47. The highest BCUT2D eigenvalue weighted by molar-refractivity contribution is 7.10. The molecule has 188 valence electrons. The number of thiophene rings is 1. The monoisotopic (exact) mass is 529 g/mol. The molecule has 1 N–H and O–H groups in total. The first-order valence-electron chi connectivity index (χ1n) is 10.8. The topological polar surface area (TPSA) is 94.5 Å². The van der Waals surface area contributed by atoms with Crippen molar-refractivity contribution in [1.29, 1.82) is 0 Å². The van der Waals surface area contributed by atoms with Gasteiger partial charge in [0, 0.05) is 17.5 Å². The summed E-state index contributed by atoms with van der Waals surface area (Å²) in [6.45, 7) is 0.103. The highest BCUT2D eigenvalue weighted by atomic mass is 35.5. The van der Waals surface area contributed by atoms with Crippen LogP contribution in [0.3, 0.4) is 0 Å². The van der Waals surface area contributed by atoms with Crippen LogP contribution in [0, 0.1) is 0 Å². The van der Waals surface area contributed by atoms with Crippen LogP contribution in [-0.4, -0.2) is 50.1 Å². The molecule has 1 saturated heterocycles. The SMILES string of the molecule is COc1cc(/C(O)=C2\C(=O)C(=O)N(Cc3ccc(OC)c(OC)c3)C2c2cccs2)c(OC)cc1Cl. The molecule has 2 aromatic carbocycles. The van der Waals surface area contributed by atoms with Gasteiger partial charge in [-0.2, -0.15) is 0 Å². The van der Waals surface area contributed by atoms with E-state index in [9.17, 15) is 14.7 Å². The summed E-state index contributed by atoms with van der Waals surface area (Å²) in [4.78, 5) is 28.7. The van der Waals surface area contributed by atoms with Crippen molar-refractivity contribution in [3.63, 3.8) is 0 Å². The Labute approximate surface area is 217 Å². The van der Waals surface area contributed by atoms with Crippen molar-refractivity contribution >= 4 is 40.4 Å². The van der Waals surface area contributed by atoms with Gasteiger partial charge in [-0.05, 0) is 35.2 Å². The molecule has 0 aliphatic carbocycles. The number of rotatable bonds is 8. The van der Waals surface area contributed by atoms with Crippen molar-refractivity contribution in [2.24, 2.45) is 0 Å². The molecule has 1 aliphatic rings. The number of carbonyl (C=O) groups excluding carboxylic acids is 2. The summed E-state index contributed by atoms with van der Waals surface area (Å²) >= 11 is 7.59. The Hall–Kier alpha value is -3.69. The summed E-state index contributed by atoms with van der Waals surface area (Å²) in [7, 11) is 5.91. The van der Waals surface area contributed by atoms with Crippen LogP contribution < -0.4 is 18.9 Å². The Morgan fingerprint density at radius 2 is 1.64 bits per heavy atom. The number of carbonyl (C=O) groups is 2. The lowest BCUT2D eigenvalue weighted by Gasteiger charge is -2.24. The van der Waals surface area contributed by atoms with E-state index < -0.39 is 17.7 Å². The Morgan fingerprint density at radius 3 is 2.25 bits per heavy atom. The first-order valence-corrected chi connectivity index (χ1v) is 12.0. The first-order chi connectivity index (χ1) is 17.3. The number of hydrogen-bond acceptors (Lipinski definition) is 8. The Bertz CT molecular complexity index is 1340. The van der Waals surface area contributed by atoms with Crippen LogP contribution in [0.25, 0.3) is 5.76 Å². The molecule has 0 spiro atoms. The number of benzene rings is 2. The van der Waals surface area contributed by atoms with Gasteiger partial charge in [-0.25, -0.2) is 0 Å². The number of ether oxygens (including phenoxy) is 4. The molecule has 1 fully saturated rings. The van der Waals surface area contributed by atoms with Gasteiger partial charge in [-0.3, -0.25) is 9.59 Å². The minimum atomic E-state index is -0.815. The zero-order valence-electron chi connectivity index (χ0n) is 20.0. The number of Topliss-reactive ketones (excluding diaryl/α,β-unsaturated/α-hetero) is 1. The lowest BCUT2D eigenvalue weighted by Crippen LogP contribution is -2.28. The predicted molar refractivity (Wildman–Crippen MR) is 136 cm³/mol. The minimum absolute atomic E-state index is 0.0504. The van der Waals surface area contributed by atoms with Gasteiger partial charge in [0.1, 0.15) is 17.3 Å². The van der Waals surface area contributed by atoms with Crippen LogP contribution in [0.4, 0.5) is 0 Å². The van der Waals surface area contributed by atoms with Crippen LogP contribution in [0.2, 0.25) is 5.02 Å². The van der Waals surface area contributed by atoms with Gasteiger partial charge in [0.05, 0.1) is 50.6 Å². The van der Waals surface area contributed by atoms with Crippen LogP contribution in [-0.2, 0) is 16.1 Å². The van der Waals surface area contributed by atoms with E-state index in [1.165, 1.54) is 56.8 Å². The number of aliphatic hydroxyl groups excluding tert-OH is 1. The van der Waals surface area contributed by atoms with Gasteiger partial charge in [0.2, 0.25) is 0 Å². The van der Waals surface area contributed by atoms with Crippen LogP contribution in [0.1, 0.15) is 22.0 Å². The average molecular weight is 530 g/mol. The maximum absolute atomic E-state index is 13.3. The maximum Gasteiger partial charge on any atom is 0.295 e. The summed E-state index contributed by atoms with van der Waals surface area (Å²) in [5.41, 5.74) is 0.858. The van der Waals surface area contributed by atoms with Gasteiger partial charge in [-0.15, -0.1) is 11.3 Å². The number of halogens is 1. The van der Waals surface area contributed by atoms with E-state index in [-0.39, 0.29) is 40.0 Å². The molecular formula is C26H24ClNO7S. The van der Waals surface area contributed by atoms with E-state index >= 15 is 0 Å². The van der Waals surface area contributed by atoms with E-state index in [4.69, 9.17) is 30.5 Å². The maximum atomic E-state index is 13.3. The number of nitrogens with zero attached hydrogens (tertiary/aromatic N) is 1. The van der Waals surface area contributed by atoms with E-state index in [0.29, 0.717) is 11.5 Å². The van der Waals surface area contributed by atoms with Gasteiger partial charge in [0.25, 0.3) is 11.7 Å². The number of likely N-dealkylation sites (tertiary alicyclic amines) is 1. The molecule has 10 heteroatoms. The third-order valence-electron chi connectivity index (χ3n) is 5.88. The Kier molecular flexibility index (Phi) is 7.42. The second-order valence-corrected chi connectivity index (χ2v) is 9.21.